The number of carbonyl (C=O) groups excluding carboxylic acids is 1. The molecule has 0 spiro atoms. The molecule has 6 nitrogen and oxygen atoms in total. The summed E-state index contributed by atoms with van der Waals surface area (Å²) in [5.74, 6) is -2.26. The van der Waals surface area contributed by atoms with Gasteiger partial charge in [0.25, 0.3) is 5.91 Å². The van der Waals surface area contributed by atoms with Crippen molar-refractivity contribution in [3.05, 3.63) is 47.3 Å². The Hall–Kier alpha value is -3.04. The van der Waals surface area contributed by atoms with Crippen LogP contribution >= 0.6 is 0 Å². The minimum Gasteiger partial charge on any atom is -0.340 e. The molecule has 1 unspecified atom stereocenters. The van der Waals surface area contributed by atoms with Crippen LogP contribution in [0.1, 0.15) is 41.5 Å². The molecule has 1 aliphatic carbocycles. The number of carbonyl (C=O) groups is 1. The first-order valence-electron chi connectivity index (χ1n) is 8.86. The van der Waals surface area contributed by atoms with E-state index in [1.165, 1.54) is 16.8 Å². The van der Waals surface area contributed by atoms with Crippen LogP contribution in [-0.4, -0.2) is 39.4 Å². The van der Waals surface area contributed by atoms with E-state index in [4.69, 9.17) is 0 Å². The number of hydrogen-bond donors (Lipinski definition) is 1. The summed E-state index contributed by atoms with van der Waals surface area (Å²) in [7, 11) is 0. The lowest BCUT2D eigenvalue weighted by atomic mass is 10.1. The van der Waals surface area contributed by atoms with Crippen molar-refractivity contribution in [2.75, 3.05) is 0 Å². The van der Waals surface area contributed by atoms with E-state index in [-0.39, 0.29) is 11.2 Å². The molecule has 2 aromatic rings. The van der Waals surface area contributed by atoms with Gasteiger partial charge in [-0.25, -0.2) is 14.5 Å². The zero-order chi connectivity index (χ0) is 21.3. The number of allylic oxidation sites excluding steroid dienone is 3. The molecular formula is C19H19F4N5O. The number of hydrogen-bond acceptors (Lipinski definition) is 4. The Labute approximate surface area is 164 Å². The molecule has 0 saturated heterocycles. The van der Waals surface area contributed by atoms with Crippen molar-refractivity contribution in [2.45, 2.75) is 38.9 Å². The Bertz CT molecular complexity index is 1020. The van der Waals surface area contributed by atoms with Crippen molar-refractivity contribution in [1.82, 2.24) is 19.9 Å². The minimum atomic E-state index is -4.52. The predicted molar refractivity (Wildman–Crippen MR) is 100 cm³/mol. The van der Waals surface area contributed by atoms with Crippen molar-refractivity contribution in [3.8, 4) is 0 Å². The van der Waals surface area contributed by atoms with Crippen molar-refractivity contribution < 1.29 is 22.4 Å². The van der Waals surface area contributed by atoms with Crippen LogP contribution in [0.3, 0.4) is 0 Å². The molecule has 0 aliphatic heterocycles. The average molecular weight is 409 g/mol. The normalized spacial score (nSPS) is 16.8. The highest BCUT2D eigenvalue weighted by molar-refractivity contribution is 6.00. The molecule has 1 saturated carbocycles. The van der Waals surface area contributed by atoms with Crippen molar-refractivity contribution in [3.63, 3.8) is 0 Å². The lowest BCUT2D eigenvalue weighted by molar-refractivity contribution is -0.158. The standard InChI is InChI=1S/C19H19F4N5O/c1-10(4-7-15(20)24-3)14-8-11(2)28-17(26-14)13(9-25-28)18(29)27-16(12-5-6-12)19(21,22)23/h4,7-9,12,16H,3,5-6H2,1-2H3,(H,27,29)/b10-4+,15-7-. The fourth-order valence-electron chi connectivity index (χ4n) is 2.92. The highest BCUT2D eigenvalue weighted by atomic mass is 19.4. The predicted octanol–water partition coefficient (Wildman–Crippen LogP) is 4.02. The number of aryl methyl sites for hydroxylation is 1. The van der Waals surface area contributed by atoms with Crippen LogP contribution in [0.15, 0.2) is 35.4 Å². The minimum absolute atomic E-state index is 0.0628. The first-order chi connectivity index (χ1) is 13.6. The van der Waals surface area contributed by atoms with Gasteiger partial charge in [-0.15, -0.1) is 0 Å². The van der Waals surface area contributed by atoms with Crippen molar-refractivity contribution in [1.29, 1.82) is 0 Å². The molecule has 1 fully saturated rings. The number of halogens is 4. The van der Waals surface area contributed by atoms with Crippen LogP contribution in [0.25, 0.3) is 11.2 Å². The third-order valence-electron chi connectivity index (χ3n) is 4.65. The Kier molecular flexibility index (Phi) is 5.54. The van der Waals surface area contributed by atoms with Crippen LogP contribution < -0.4 is 5.32 Å². The maximum Gasteiger partial charge on any atom is 0.408 e. The Balaban J connectivity index is 1.96. The maximum atomic E-state index is 13.2. The van der Waals surface area contributed by atoms with Gasteiger partial charge >= 0.3 is 6.18 Å². The highest BCUT2D eigenvalue weighted by Gasteiger charge is 2.49. The number of aromatic nitrogens is 3. The molecule has 0 bridgehead atoms. The zero-order valence-corrected chi connectivity index (χ0v) is 15.8. The summed E-state index contributed by atoms with van der Waals surface area (Å²) in [6.45, 7) is 6.46. The summed E-state index contributed by atoms with van der Waals surface area (Å²) in [6.07, 6.45) is 0.0588. The molecule has 1 atom stereocenters. The number of rotatable bonds is 6. The Morgan fingerprint density at radius 3 is 2.69 bits per heavy atom. The molecular weight excluding hydrogens is 390 g/mol. The van der Waals surface area contributed by atoms with E-state index < -0.39 is 30.0 Å². The zero-order valence-electron chi connectivity index (χ0n) is 15.8. The lowest BCUT2D eigenvalue weighted by Gasteiger charge is -2.20. The van der Waals surface area contributed by atoms with Gasteiger partial charge in [-0.1, -0.05) is 6.08 Å². The third kappa shape index (κ3) is 4.52. The fraction of sp³-hybridized carbons (Fsp3) is 0.368. The molecule has 0 aromatic carbocycles. The number of nitrogens with zero attached hydrogens (tertiary/aromatic N) is 4. The number of alkyl halides is 3. The SMILES string of the molecule is C=N/C(F)=C\C=C(/C)c1cc(C)n2ncc(C(=O)NC(C3CC3)C(F)(F)F)c2n1. The summed E-state index contributed by atoms with van der Waals surface area (Å²) in [5, 5.41) is 6.13. The van der Waals surface area contributed by atoms with Crippen LogP contribution in [0.5, 0.6) is 0 Å². The number of aliphatic imine (C=N–C) groups is 1. The first-order valence-corrected chi connectivity index (χ1v) is 8.86. The van der Waals surface area contributed by atoms with Gasteiger partial charge in [-0.2, -0.15) is 22.7 Å². The highest BCUT2D eigenvalue weighted by Crippen LogP contribution is 2.40. The molecule has 10 heteroatoms. The maximum absolute atomic E-state index is 13.2. The summed E-state index contributed by atoms with van der Waals surface area (Å²) in [6, 6.07) is -0.223. The van der Waals surface area contributed by atoms with E-state index in [0.717, 1.165) is 6.08 Å². The molecule has 0 radical (unpaired) electrons. The fourth-order valence-corrected chi connectivity index (χ4v) is 2.92. The molecule has 1 aliphatic rings. The quantitative estimate of drug-likeness (QED) is 0.339. The second kappa shape index (κ2) is 7.76. The van der Waals surface area contributed by atoms with Gasteiger partial charge < -0.3 is 5.32 Å². The van der Waals surface area contributed by atoms with Gasteiger partial charge in [0.15, 0.2) is 5.65 Å². The van der Waals surface area contributed by atoms with E-state index in [9.17, 15) is 22.4 Å². The number of amides is 1. The largest absolute Gasteiger partial charge is 0.408 e. The van der Waals surface area contributed by atoms with E-state index in [2.05, 4.69) is 27.1 Å². The van der Waals surface area contributed by atoms with Gasteiger partial charge in [-0.05, 0) is 57.0 Å². The topological polar surface area (TPSA) is 71.7 Å². The molecule has 2 heterocycles. The summed E-state index contributed by atoms with van der Waals surface area (Å²) < 4.78 is 54.2. The van der Waals surface area contributed by atoms with Gasteiger partial charge in [0, 0.05) is 5.69 Å². The van der Waals surface area contributed by atoms with Crippen molar-refractivity contribution in [2.24, 2.45) is 10.9 Å². The molecule has 1 amide bonds. The van der Waals surface area contributed by atoms with Crippen LogP contribution in [0, 0.1) is 12.8 Å². The van der Waals surface area contributed by atoms with E-state index in [0.29, 0.717) is 29.8 Å². The molecule has 154 valence electrons. The average Bonchev–Trinajstić information content (AvgIpc) is 3.40. The summed E-state index contributed by atoms with van der Waals surface area (Å²) >= 11 is 0. The van der Waals surface area contributed by atoms with E-state index in [1.807, 2.05) is 0 Å². The number of fused-ring (bicyclic) bond motifs is 1. The van der Waals surface area contributed by atoms with Gasteiger partial charge in [0.2, 0.25) is 5.95 Å². The van der Waals surface area contributed by atoms with E-state index >= 15 is 0 Å². The monoisotopic (exact) mass is 409 g/mol. The van der Waals surface area contributed by atoms with Gasteiger partial charge in [0.05, 0.1) is 11.9 Å². The Morgan fingerprint density at radius 1 is 1.41 bits per heavy atom. The lowest BCUT2D eigenvalue weighted by Crippen LogP contribution is -2.46. The second-order valence-corrected chi connectivity index (χ2v) is 6.90. The molecule has 3 rings (SSSR count). The van der Waals surface area contributed by atoms with Crippen LogP contribution in [0.4, 0.5) is 17.6 Å². The summed E-state index contributed by atoms with van der Waals surface area (Å²) in [4.78, 5) is 20.0. The van der Waals surface area contributed by atoms with Gasteiger partial charge in [0.1, 0.15) is 11.6 Å². The van der Waals surface area contributed by atoms with Crippen LogP contribution in [0.2, 0.25) is 0 Å². The summed E-state index contributed by atoms with van der Waals surface area (Å²) in [5.41, 5.74) is 1.65. The smallest absolute Gasteiger partial charge is 0.340 e. The second-order valence-electron chi connectivity index (χ2n) is 6.90. The van der Waals surface area contributed by atoms with Crippen LogP contribution in [-0.2, 0) is 0 Å². The first kappa shape index (κ1) is 20.7. The molecule has 1 N–H and O–H groups in total. The van der Waals surface area contributed by atoms with Gasteiger partial charge in [-0.3, -0.25) is 4.79 Å². The number of nitrogens with one attached hydrogen (secondary N) is 1. The molecule has 2 aromatic heterocycles. The molecule has 29 heavy (non-hydrogen) atoms. The third-order valence-corrected chi connectivity index (χ3v) is 4.65. The Morgan fingerprint density at radius 2 is 2.10 bits per heavy atom. The van der Waals surface area contributed by atoms with E-state index in [1.54, 1.807) is 19.9 Å². The van der Waals surface area contributed by atoms with Crippen molar-refractivity contribution >= 4 is 23.8 Å².